The molecule has 1 fully saturated rings. The quantitative estimate of drug-likeness (QED) is 0.790. The molecule has 142 valence electrons. The van der Waals surface area contributed by atoms with Gasteiger partial charge in [0, 0.05) is 36.4 Å². The van der Waals surface area contributed by atoms with E-state index in [1.165, 1.54) is 12.8 Å². The maximum Gasteiger partial charge on any atom is 0.253 e. The molecule has 0 bridgehead atoms. The van der Waals surface area contributed by atoms with Crippen LogP contribution in [0.25, 0.3) is 0 Å². The van der Waals surface area contributed by atoms with Crippen LogP contribution in [-0.4, -0.2) is 29.8 Å². The molecule has 1 saturated heterocycles. The van der Waals surface area contributed by atoms with Crippen LogP contribution in [-0.2, 0) is 11.2 Å². The maximum absolute atomic E-state index is 12.7. The maximum atomic E-state index is 12.7. The number of carbonyl (C=O) groups excluding carboxylic acids is 2. The third-order valence-electron chi connectivity index (χ3n) is 4.96. The molecule has 1 heterocycles. The highest BCUT2D eigenvalue weighted by Gasteiger charge is 2.17. The molecule has 0 unspecified atom stereocenters. The van der Waals surface area contributed by atoms with Crippen LogP contribution < -0.4 is 11.1 Å². The molecule has 0 spiro atoms. The van der Waals surface area contributed by atoms with E-state index < -0.39 is 0 Å². The number of carbonyl (C=O) groups is 2. The minimum Gasteiger partial charge on any atom is -0.399 e. The lowest BCUT2D eigenvalue weighted by molar-refractivity contribution is -0.116. The summed E-state index contributed by atoms with van der Waals surface area (Å²) in [6, 6.07) is 14.8. The minimum atomic E-state index is -0.0855. The zero-order valence-corrected chi connectivity index (χ0v) is 15.6. The topological polar surface area (TPSA) is 75.4 Å². The third kappa shape index (κ3) is 5.33. The van der Waals surface area contributed by atoms with E-state index in [9.17, 15) is 9.59 Å². The molecule has 1 aliphatic rings. The molecule has 5 heteroatoms. The van der Waals surface area contributed by atoms with Gasteiger partial charge >= 0.3 is 0 Å². The minimum absolute atomic E-state index is 0.0464. The number of hydrogen-bond donors (Lipinski definition) is 2. The fourth-order valence-corrected chi connectivity index (χ4v) is 3.42. The summed E-state index contributed by atoms with van der Waals surface area (Å²) in [6.07, 6.45) is 5.43. The first-order chi connectivity index (χ1) is 13.1. The van der Waals surface area contributed by atoms with E-state index in [1.54, 1.807) is 6.07 Å². The molecule has 2 amide bonds. The largest absolute Gasteiger partial charge is 0.399 e. The van der Waals surface area contributed by atoms with Crippen LogP contribution in [0.3, 0.4) is 0 Å². The summed E-state index contributed by atoms with van der Waals surface area (Å²) in [5, 5.41) is 2.89. The zero-order valence-electron chi connectivity index (χ0n) is 15.6. The number of benzene rings is 2. The Kier molecular flexibility index (Phi) is 6.47. The smallest absolute Gasteiger partial charge is 0.253 e. The predicted octanol–water partition coefficient (Wildman–Crippen LogP) is 3.86. The van der Waals surface area contributed by atoms with Gasteiger partial charge in [-0.1, -0.05) is 37.1 Å². The van der Waals surface area contributed by atoms with E-state index in [-0.39, 0.29) is 11.8 Å². The van der Waals surface area contributed by atoms with Gasteiger partial charge in [-0.25, -0.2) is 0 Å². The molecule has 2 aromatic carbocycles. The Morgan fingerprint density at radius 2 is 1.70 bits per heavy atom. The van der Waals surface area contributed by atoms with Gasteiger partial charge in [0.1, 0.15) is 0 Å². The molecular formula is C22H27N3O2. The van der Waals surface area contributed by atoms with Crippen molar-refractivity contribution in [2.24, 2.45) is 0 Å². The molecule has 0 aromatic heterocycles. The number of para-hydroxylation sites is 1. The van der Waals surface area contributed by atoms with Crippen molar-refractivity contribution in [2.45, 2.75) is 38.5 Å². The Morgan fingerprint density at radius 3 is 2.44 bits per heavy atom. The predicted molar refractivity (Wildman–Crippen MR) is 109 cm³/mol. The van der Waals surface area contributed by atoms with Crippen molar-refractivity contribution in [3.8, 4) is 0 Å². The van der Waals surface area contributed by atoms with Crippen LogP contribution in [0.5, 0.6) is 0 Å². The van der Waals surface area contributed by atoms with E-state index in [4.69, 9.17) is 5.73 Å². The summed E-state index contributed by atoms with van der Waals surface area (Å²) < 4.78 is 0. The molecule has 3 rings (SSSR count). The van der Waals surface area contributed by atoms with Gasteiger partial charge in [0.25, 0.3) is 5.91 Å². The summed E-state index contributed by atoms with van der Waals surface area (Å²) in [6.45, 7) is 1.63. The number of nitrogen functional groups attached to an aromatic ring is 1. The molecule has 27 heavy (non-hydrogen) atoms. The summed E-state index contributed by atoms with van der Waals surface area (Å²) in [4.78, 5) is 26.9. The molecule has 0 atom stereocenters. The standard InChI is InChI=1S/C22H27N3O2/c23-20-11-4-3-8-17(20)12-13-21(26)24-19-10-7-9-18(16-19)22(27)25-14-5-1-2-6-15-25/h3-4,7-11,16H,1-2,5-6,12-15,23H2,(H,24,26). The molecule has 2 aromatic rings. The lowest BCUT2D eigenvalue weighted by atomic mass is 10.1. The number of nitrogens with zero attached hydrogens (tertiary/aromatic N) is 1. The summed E-state index contributed by atoms with van der Waals surface area (Å²) in [7, 11) is 0. The molecule has 3 N–H and O–H groups in total. The van der Waals surface area contributed by atoms with Crippen LogP contribution in [0, 0.1) is 0 Å². The van der Waals surface area contributed by atoms with Crippen molar-refractivity contribution in [3.05, 3.63) is 59.7 Å². The molecule has 5 nitrogen and oxygen atoms in total. The first kappa shape index (κ1) is 19.0. The van der Waals surface area contributed by atoms with Crippen molar-refractivity contribution >= 4 is 23.2 Å². The first-order valence-corrected chi connectivity index (χ1v) is 9.66. The molecular weight excluding hydrogens is 338 g/mol. The van der Waals surface area contributed by atoms with Gasteiger partial charge in [-0.2, -0.15) is 0 Å². The lowest BCUT2D eigenvalue weighted by Crippen LogP contribution is -2.31. The Hall–Kier alpha value is -2.82. The Balaban J connectivity index is 1.59. The Labute approximate surface area is 160 Å². The second-order valence-corrected chi connectivity index (χ2v) is 7.03. The van der Waals surface area contributed by atoms with Gasteiger partial charge in [0.05, 0.1) is 0 Å². The molecule has 0 saturated carbocycles. The highest BCUT2D eigenvalue weighted by Crippen LogP contribution is 2.17. The van der Waals surface area contributed by atoms with Crippen LogP contribution in [0.15, 0.2) is 48.5 Å². The second kappa shape index (κ2) is 9.21. The number of nitrogens with two attached hydrogens (primary N) is 1. The Bertz CT molecular complexity index is 796. The number of rotatable bonds is 5. The summed E-state index contributed by atoms with van der Waals surface area (Å²) in [5.41, 5.74) is 8.88. The van der Waals surface area contributed by atoms with Crippen molar-refractivity contribution < 1.29 is 9.59 Å². The van der Waals surface area contributed by atoms with Crippen LogP contribution in [0.2, 0.25) is 0 Å². The highest BCUT2D eigenvalue weighted by molar-refractivity contribution is 5.97. The fourth-order valence-electron chi connectivity index (χ4n) is 3.42. The number of nitrogens with one attached hydrogen (secondary N) is 1. The van der Waals surface area contributed by atoms with Crippen LogP contribution >= 0.6 is 0 Å². The van der Waals surface area contributed by atoms with Crippen molar-refractivity contribution in [2.75, 3.05) is 24.1 Å². The molecule has 1 aliphatic heterocycles. The summed E-state index contributed by atoms with van der Waals surface area (Å²) in [5.74, 6) is -0.0392. The van der Waals surface area contributed by atoms with E-state index in [0.717, 1.165) is 31.5 Å². The average molecular weight is 365 g/mol. The lowest BCUT2D eigenvalue weighted by Gasteiger charge is -2.20. The van der Waals surface area contributed by atoms with Gasteiger partial charge in [-0.3, -0.25) is 9.59 Å². The second-order valence-electron chi connectivity index (χ2n) is 7.03. The number of hydrogen-bond acceptors (Lipinski definition) is 3. The first-order valence-electron chi connectivity index (χ1n) is 9.66. The van der Waals surface area contributed by atoms with Gasteiger partial charge in [-0.15, -0.1) is 0 Å². The van der Waals surface area contributed by atoms with Gasteiger partial charge in [-0.05, 0) is 49.1 Å². The van der Waals surface area contributed by atoms with Crippen molar-refractivity contribution in [1.82, 2.24) is 4.90 Å². The van der Waals surface area contributed by atoms with Gasteiger partial charge < -0.3 is 16.0 Å². The zero-order chi connectivity index (χ0) is 19.1. The Morgan fingerprint density at radius 1 is 0.963 bits per heavy atom. The van der Waals surface area contributed by atoms with Crippen molar-refractivity contribution in [3.63, 3.8) is 0 Å². The number of amides is 2. The third-order valence-corrected chi connectivity index (χ3v) is 4.96. The normalized spacial score (nSPS) is 14.4. The van der Waals surface area contributed by atoms with E-state index in [0.29, 0.717) is 29.8 Å². The molecule has 0 radical (unpaired) electrons. The van der Waals surface area contributed by atoms with Crippen molar-refractivity contribution in [1.29, 1.82) is 0 Å². The van der Waals surface area contributed by atoms with Crippen LogP contribution in [0.4, 0.5) is 11.4 Å². The number of likely N-dealkylation sites (tertiary alicyclic amines) is 1. The fraction of sp³-hybridized carbons (Fsp3) is 0.364. The SMILES string of the molecule is Nc1ccccc1CCC(=O)Nc1cccc(C(=O)N2CCCCCC2)c1. The van der Waals surface area contributed by atoms with Gasteiger partial charge in [0.2, 0.25) is 5.91 Å². The van der Waals surface area contributed by atoms with E-state index in [2.05, 4.69) is 5.32 Å². The molecule has 0 aliphatic carbocycles. The monoisotopic (exact) mass is 365 g/mol. The van der Waals surface area contributed by atoms with Crippen LogP contribution in [0.1, 0.15) is 48.0 Å². The van der Waals surface area contributed by atoms with E-state index >= 15 is 0 Å². The van der Waals surface area contributed by atoms with E-state index in [1.807, 2.05) is 47.4 Å². The highest BCUT2D eigenvalue weighted by atomic mass is 16.2. The number of anilines is 2. The number of aryl methyl sites for hydroxylation is 1. The average Bonchev–Trinajstić information content (AvgIpc) is 2.96. The summed E-state index contributed by atoms with van der Waals surface area (Å²) >= 11 is 0. The van der Waals surface area contributed by atoms with Gasteiger partial charge in [0.15, 0.2) is 0 Å².